The van der Waals surface area contributed by atoms with Crippen molar-refractivity contribution in [3.05, 3.63) is 29.8 Å². The first kappa shape index (κ1) is 10.5. The van der Waals surface area contributed by atoms with E-state index in [1.54, 1.807) is 6.26 Å². The van der Waals surface area contributed by atoms with Gasteiger partial charge in [-0.3, -0.25) is 4.21 Å². The van der Waals surface area contributed by atoms with Gasteiger partial charge in [0.1, 0.15) is 0 Å². The number of hydrogen-bond acceptors (Lipinski definition) is 1. The molecule has 0 radical (unpaired) electrons. The predicted octanol–water partition coefficient (Wildman–Crippen LogP) is 2.94. The Morgan fingerprint density at radius 1 is 1.46 bits per heavy atom. The topological polar surface area (TPSA) is 17.1 Å². The molecule has 13 heavy (non-hydrogen) atoms. The Bertz CT molecular complexity index is 307. The van der Waals surface area contributed by atoms with Crippen molar-refractivity contribution in [1.29, 1.82) is 0 Å². The molecule has 0 bridgehead atoms. The minimum absolute atomic E-state index is 0.559. The van der Waals surface area contributed by atoms with Gasteiger partial charge in [0, 0.05) is 22.0 Å². The van der Waals surface area contributed by atoms with Gasteiger partial charge in [-0.05, 0) is 30.0 Å². The average molecular weight is 196 g/mol. The Kier molecular flexibility index (Phi) is 3.67. The summed E-state index contributed by atoms with van der Waals surface area (Å²) in [5, 5.41) is 0. The summed E-state index contributed by atoms with van der Waals surface area (Å²) in [6.07, 6.45) is 2.84. The Morgan fingerprint density at radius 3 is 2.69 bits per heavy atom. The fraction of sp³-hybridized carbons (Fsp3) is 0.455. The highest BCUT2D eigenvalue weighted by Gasteiger charge is 2.04. The fourth-order valence-electron chi connectivity index (χ4n) is 1.24. The van der Waals surface area contributed by atoms with Crippen LogP contribution in [0.1, 0.15) is 31.7 Å². The third kappa shape index (κ3) is 2.66. The number of hydrogen-bond donors (Lipinski definition) is 0. The second-order valence-corrected chi connectivity index (χ2v) is 4.72. The summed E-state index contributed by atoms with van der Waals surface area (Å²) in [6, 6.07) is 8.05. The van der Waals surface area contributed by atoms with Crippen LogP contribution < -0.4 is 0 Å². The van der Waals surface area contributed by atoms with E-state index in [2.05, 4.69) is 19.9 Å². The van der Waals surface area contributed by atoms with Gasteiger partial charge >= 0.3 is 0 Å². The molecule has 1 rings (SSSR count). The molecule has 1 aromatic rings. The van der Waals surface area contributed by atoms with Crippen molar-refractivity contribution in [2.24, 2.45) is 0 Å². The van der Waals surface area contributed by atoms with E-state index in [4.69, 9.17) is 0 Å². The Morgan fingerprint density at radius 2 is 2.15 bits per heavy atom. The average Bonchev–Trinajstić information content (AvgIpc) is 2.17. The smallest absolute Gasteiger partial charge is 0.0498 e. The zero-order valence-corrected chi connectivity index (χ0v) is 9.23. The molecule has 0 aromatic heterocycles. The molecule has 2 heteroatoms. The molecular weight excluding hydrogens is 180 g/mol. The van der Waals surface area contributed by atoms with Crippen LogP contribution in [0.4, 0.5) is 0 Å². The van der Waals surface area contributed by atoms with Gasteiger partial charge in [-0.25, -0.2) is 0 Å². The van der Waals surface area contributed by atoms with Gasteiger partial charge in [0.05, 0.1) is 0 Å². The maximum atomic E-state index is 11.2. The fourth-order valence-corrected chi connectivity index (χ4v) is 1.81. The summed E-state index contributed by atoms with van der Waals surface area (Å²) in [7, 11) is -0.858. The number of benzene rings is 1. The summed E-state index contributed by atoms with van der Waals surface area (Å²) < 4.78 is 11.2. The van der Waals surface area contributed by atoms with Crippen LogP contribution in [0, 0.1) is 0 Å². The van der Waals surface area contributed by atoms with E-state index in [0.717, 1.165) is 11.3 Å². The first-order valence-electron chi connectivity index (χ1n) is 4.58. The quantitative estimate of drug-likeness (QED) is 0.726. The molecule has 0 amide bonds. The Hall–Kier alpha value is -0.630. The van der Waals surface area contributed by atoms with Crippen molar-refractivity contribution in [1.82, 2.24) is 0 Å². The third-order valence-corrected chi connectivity index (χ3v) is 3.29. The highest BCUT2D eigenvalue weighted by Crippen LogP contribution is 2.20. The molecule has 0 aliphatic heterocycles. The molecule has 0 aliphatic rings. The summed E-state index contributed by atoms with van der Waals surface area (Å²) in [6.45, 7) is 4.36. The van der Waals surface area contributed by atoms with Gasteiger partial charge in [0.15, 0.2) is 0 Å². The minimum atomic E-state index is -0.858. The van der Waals surface area contributed by atoms with Crippen molar-refractivity contribution in [3.8, 4) is 0 Å². The van der Waals surface area contributed by atoms with Crippen LogP contribution in [-0.4, -0.2) is 10.5 Å². The lowest BCUT2D eigenvalue weighted by Gasteiger charge is -2.09. The third-order valence-electron chi connectivity index (χ3n) is 2.37. The van der Waals surface area contributed by atoms with Gasteiger partial charge in [-0.1, -0.05) is 26.0 Å². The minimum Gasteiger partial charge on any atom is -0.255 e. The van der Waals surface area contributed by atoms with Crippen molar-refractivity contribution in [2.75, 3.05) is 6.26 Å². The van der Waals surface area contributed by atoms with E-state index < -0.39 is 10.8 Å². The maximum Gasteiger partial charge on any atom is 0.0498 e. The lowest BCUT2D eigenvalue weighted by molar-refractivity contribution is 0.686. The van der Waals surface area contributed by atoms with E-state index >= 15 is 0 Å². The Labute approximate surface area is 82.6 Å². The van der Waals surface area contributed by atoms with Crippen LogP contribution in [0.5, 0.6) is 0 Å². The zero-order chi connectivity index (χ0) is 9.84. The van der Waals surface area contributed by atoms with Crippen LogP contribution >= 0.6 is 0 Å². The molecule has 2 unspecified atom stereocenters. The molecule has 0 aliphatic carbocycles. The lowest BCUT2D eigenvalue weighted by Crippen LogP contribution is -1.94. The first-order chi connectivity index (χ1) is 6.15. The molecule has 1 aromatic carbocycles. The van der Waals surface area contributed by atoms with Gasteiger partial charge in [0.25, 0.3) is 0 Å². The summed E-state index contributed by atoms with van der Waals surface area (Å²) in [4.78, 5) is 0.929. The highest BCUT2D eigenvalue weighted by atomic mass is 32.2. The van der Waals surface area contributed by atoms with E-state index in [0.29, 0.717) is 5.92 Å². The zero-order valence-electron chi connectivity index (χ0n) is 8.41. The van der Waals surface area contributed by atoms with E-state index in [1.165, 1.54) is 5.56 Å². The molecule has 2 atom stereocenters. The second-order valence-electron chi connectivity index (χ2n) is 3.34. The lowest BCUT2D eigenvalue weighted by atomic mass is 9.99. The molecule has 1 nitrogen and oxygen atoms in total. The normalized spacial score (nSPS) is 15.3. The van der Waals surface area contributed by atoms with Crippen LogP contribution in [0.25, 0.3) is 0 Å². The molecule has 0 N–H and O–H groups in total. The molecular formula is C11H16OS. The summed E-state index contributed by atoms with van der Waals surface area (Å²) in [5.74, 6) is 0.559. The standard InChI is InChI=1S/C11H16OS/c1-4-9(2)10-6-5-7-11(8-10)13(3)12/h5-9H,4H2,1-3H3. The van der Waals surface area contributed by atoms with Crippen molar-refractivity contribution < 1.29 is 4.21 Å². The van der Waals surface area contributed by atoms with E-state index in [-0.39, 0.29) is 0 Å². The largest absolute Gasteiger partial charge is 0.255 e. The monoisotopic (exact) mass is 196 g/mol. The van der Waals surface area contributed by atoms with E-state index in [9.17, 15) is 4.21 Å². The second kappa shape index (κ2) is 4.56. The van der Waals surface area contributed by atoms with Crippen molar-refractivity contribution >= 4 is 10.8 Å². The molecule has 0 heterocycles. The van der Waals surface area contributed by atoms with E-state index in [1.807, 2.05) is 18.2 Å². The van der Waals surface area contributed by atoms with Crippen LogP contribution in [0.15, 0.2) is 29.2 Å². The highest BCUT2D eigenvalue weighted by molar-refractivity contribution is 7.84. The van der Waals surface area contributed by atoms with Crippen LogP contribution in [-0.2, 0) is 10.8 Å². The molecule has 0 saturated heterocycles. The number of rotatable bonds is 3. The van der Waals surface area contributed by atoms with Crippen LogP contribution in [0.2, 0.25) is 0 Å². The van der Waals surface area contributed by atoms with Gasteiger partial charge in [-0.2, -0.15) is 0 Å². The molecule has 0 fully saturated rings. The van der Waals surface area contributed by atoms with Gasteiger partial charge in [0.2, 0.25) is 0 Å². The van der Waals surface area contributed by atoms with Crippen molar-refractivity contribution in [2.45, 2.75) is 31.1 Å². The van der Waals surface area contributed by atoms with Crippen LogP contribution in [0.3, 0.4) is 0 Å². The summed E-state index contributed by atoms with van der Waals surface area (Å²) >= 11 is 0. The SMILES string of the molecule is CCC(C)c1cccc(S(C)=O)c1. The summed E-state index contributed by atoms with van der Waals surface area (Å²) in [5.41, 5.74) is 1.29. The molecule has 72 valence electrons. The maximum absolute atomic E-state index is 11.2. The van der Waals surface area contributed by atoms with Gasteiger partial charge < -0.3 is 0 Å². The molecule has 0 spiro atoms. The van der Waals surface area contributed by atoms with Gasteiger partial charge in [-0.15, -0.1) is 0 Å². The predicted molar refractivity (Wildman–Crippen MR) is 57.5 cm³/mol. The first-order valence-corrected chi connectivity index (χ1v) is 6.14. The molecule has 0 saturated carbocycles. The Balaban J connectivity index is 2.98. The van der Waals surface area contributed by atoms with Crippen molar-refractivity contribution in [3.63, 3.8) is 0 Å².